The first-order chi connectivity index (χ1) is 41.8. The first kappa shape index (κ1) is 79.8. The van der Waals surface area contributed by atoms with E-state index in [9.17, 15) is 19.0 Å². The molecule has 0 aliphatic heterocycles. The number of esters is 2. The van der Waals surface area contributed by atoms with E-state index in [4.69, 9.17) is 24.3 Å². The summed E-state index contributed by atoms with van der Waals surface area (Å²) in [6.07, 6.45) is 104. The SMILES string of the molecule is CC/C=C\C/C=C\C/C=C\C/C=C\C/C=C\C/C=C\C/C=C\C/C=C\C/C=C\CCCCCCCCCCCCCCCC(=O)OC(COC(=O)CCC/C=C\C/C=C\C/C=C\C/C=C\C/C=C\C/C=C\C/C=C\CC)COP(=O)(O)OCCN. The number of rotatable bonds is 59. The Morgan fingerprint density at radius 2 is 0.624 bits per heavy atom. The molecule has 0 aliphatic carbocycles. The topological polar surface area (TPSA) is 134 Å². The van der Waals surface area contributed by atoms with Crippen molar-refractivity contribution in [1.29, 1.82) is 0 Å². The smallest absolute Gasteiger partial charge is 0.462 e. The van der Waals surface area contributed by atoms with E-state index >= 15 is 0 Å². The molecule has 3 N–H and O–H groups in total. The van der Waals surface area contributed by atoms with Crippen molar-refractivity contribution in [3.05, 3.63) is 194 Å². The maximum absolute atomic E-state index is 12.7. The zero-order valence-electron chi connectivity index (χ0n) is 53.3. The molecule has 0 radical (unpaired) electrons. The number of allylic oxidation sites excluding steroid dienone is 32. The van der Waals surface area contributed by atoms with Crippen LogP contribution in [0.5, 0.6) is 0 Å². The summed E-state index contributed by atoms with van der Waals surface area (Å²) in [5.41, 5.74) is 5.39. The van der Waals surface area contributed by atoms with Gasteiger partial charge in [-0.1, -0.05) is 279 Å². The van der Waals surface area contributed by atoms with Crippen LogP contribution >= 0.6 is 7.82 Å². The second-order valence-corrected chi connectivity index (χ2v) is 22.3. The van der Waals surface area contributed by atoms with Gasteiger partial charge in [0.05, 0.1) is 13.2 Å². The van der Waals surface area contributed by atoms with E-state index in [0.29, 0.717) is 12.8 Å². The van der Waals surface area contributed by atoms with Gasteiger partial charge in [-0.2, -0.15) is 0 Å². The van der Waals surface area contributed by atoms with E-state index in [-0.39, 0.29) is 32.6 Å². The third kappa shape index (κ3) is 67.8. The van der Waals surface area contributed by atoms with Gasteiger partial charge in [0.2, 0.25) is 0 Å². The number of phosphoric ester groups is 1. The number of carbonyl (C=O) groups excluding carboxylic acids is 2. The number of nitrogens with two attached hydrogens (primary N) is 1. The molecule has 0 heterocycles. The highest BCUT2D eigenvalue weighted by molar-refractivity contribution is 7.47. The van der Waals surface area contributed by atoms with Crippen LogP contribution in [-0.2, 0) is 32.7 Å². The van der Waals surface area contributed by atoms with Crippen LogP contribution in [0.1, 0.15) is 232 Å². The average Bonchev–Trinajstić information content (AvgIpc) is 3.52. The van der Waals surface area contributed by atoms with Crippen LogP contribution in [0, 0.1) is 0 Å². The van der Waals surface area contributed by atoms with E-state index in [1.165, 1.54) is 64.2 Å². The summed E-state index contributed by atoms with van der Waals surface area (Å²) in [4.78, 5) is 35.3. The summed E-state index contributed by atoms with van der Waals surface area (Å²) in [7, 11) is -4.42. The lowest BCUT2D eigenvalue weighted by Crippen LogP contribution is -2.29. The minimum atomic E-state index is -4.42. The average molecular weight is 1190 g/mol. The van der Waals surface area contributed by atoms with Crippen molar-refractivity contribution in [2.24, 2.45) is 5.73 Å². The minimum absolute atomic E-state index is 0.0358. The van der Waals surface area contributed by atoms with Crippen molar-refractivity contribution in [2.75, 3.05) is 26.4 Å². The highest BCUT2D eigenvalue weighted by Crippen LogP contribution is 2.43. The van der Waals surface area contributed by atoms with Crippen molar-refractivity contribution in [1.82, 2.24) is 0 Å². The van der Waals surface area contributed by atoms with E-state index in [1.54, 1.807) is 0 Å². The maximum Gasteiger partial charge on any atom is 0.472 e. The van der Waals surface area contributed by atoms with Crippen LogP contribution in [0.25, 0.3) is 0 Å². The molecule has 9 nitrogen and oxygen atoms in total. The summed E-state index contributed by atoms with van der Waals surface area (Å²) >= 11 is 0. The van der Waals surface area contributed by atoms with Crippen LogP contribution in [0.2, 0.25) is 0 Å². The Bertz CT molecular complexity index is 2090. The fourth-order valence-electron chi connectivity index (χ4n) is 8.21. The molecule has 0 saturated carbocycles. The number of ether oxygens (including phenoxy) is 2. The van der Waals surface area contributed by atoms with Crippen LogP contribution in [0.4, 0.5) is 0 Å². The second-order valence-electron chi connectivity index (χ2n) is 20.9. The molecule has 0 aromatic rings. The van der Waals surface area contributed by atoms with Gasteiger partial charge < -0.3 is 20.1 Å². The fourth-order valence-corrected chi connectivity index (χ4v) is 8.97. The number of unbranched alkanes of at least 4 members (excludes halogenated alkanes) is 14. The van der Waals surface area contributed by atoms with Gasteiger partial charge in [-0.05, 0) is 135 Å². The van der Waals surface area contributed by atoms with Gasteiger partial charge in [0, 0.05) is 19.4 Å². The van der Waals surface area contributed by atoms with E-state index in [2.05, 4.69) is 202 Å². The molecule has 0 amide bonds. The largest absolute Gasteiger partial charge is 0.472 e. The molecule has 0 aromatic heterocycles. The summed E-state index contributed by atoms with van der Waals surface area (Å²) < 4.78 is 33.0. The zero-order chi connectivity index (χ0) is 61.6. The highest BCUT2D eigenvalue weighted by Gasteiger charge is 2.26. The molecule has 0 spiro atoms. The molecule has 476 valence electrons. The highest BCUT2D eigenvalue weighted by atomic mass is 31.2. The Hall–Kier alpha value is -5.15. The number of phosphoric acid groups is 1. The van der Waals surface area contributed by atoms with Crippen molar-refractivity contribution >= 4 is 19.8 Å². The lowest BCUT2D eigenvalue weighted by atomic mass is 10.0. The molecule has 2 unspecified atom stereocenters. The Labute approximate surface area is 519 Å². The molecule has 10 heteroatoms. The monoisotopic (exact) mass is 1190 g/mol. The molecular weight excluding hydrogens is 1070 g/mol. The number of hydrogen-bond acceptors (Lipinski definition) is 8. The normalized spacial score (nSPS) is 14.3. The Kier molecular flexibility index (Phi) is 63.9. The van der Waals surface area contributed by atoms with Crippen LogP contribution in [-0.4, -0.2) is 49.3 Å². The molecular formula is C75H118NO8P. The van der Waals surface area contributed by atoms with Gasteiger partial charge >= 0.3 is 19.8 Å². The molecule has 0 bridgehead atoms. The molecule has 0 saturated heterocycles. The first-order valence-corrected chi connectivity index (χ1v) is 34.4. The molecule has 2 atom stereocenters. The Balaban J connectivity index is 4.01. The van der Waals surface area contributed by atoms with Gasteiger partial charge in [-0.3, -0.25) is 18.6 Å². The standard InChI is InChI=1S/C75H118NO8P/c1-3-5-7-9-11-13-15-17-19-21-23-25-27-28-29-30-31-32-33-34-35-36-37-38-39-40-41-42-43-44-46-48-50-52-54-56-58-60-62-64-66-68-75(78)84-73(72-83-85(79,80)82-70-69-76)71-81-74(77)67-65-63-61-59-57-55-53-51-49-47-45-26-24-22-20-18-16-14-12-10-8-6-4-2/h5-8,11-14,17-20,23-26,28-29,31-32,34-35,37-38,40-41,47,49,53,55,59,61,73H,3-4,9-10,15-16,21-22,27,30,33,36,39,42-46,48,50-52,54,56-58,60,62-72,76H2,1-2H3,(H,79,80)/b7-5-,8-6-,13-11-,14-12-,19-17-,20-18-,25-23-,26-24-,29-28-,32-31-,35-34-,38-37-,41-40-,49-47-,55-53-,61-59-. The maximum atomic E-state index is 12.7. The van der Waals surface area contributed by atoms with E-state index in [0.717, 1.165) is 128 Å². The summed E-state index contributed by atoms with van der Waals surface area (Å²) in [5, 5.41) is 0. The number of carbonyl (C=O) groups is 2. The summed E-state index contributed by atoms with van der Waals surface area (Å²) in [6, 6.07) is 0. The molecule has 0 rings (SSSR count). The Morgan fingerprint density at radius 3 is 0.941 bits per heavy atom. The zero-order valence-corrected chi connectivity index (χ0v) is 54.1. The second kappa shape index (κ2) is 68.0. The quantitative estimate of drug-likeness (QED) is 0.0264. The van der Waals surface area contributed by atoms with E-state index < -0.39 is 32.5 Å². The molecule has 0 aromatic carbocycles. The van der Waals surface area contributed by atoms with Crippen molar-refractivity contribution < 1.29 is 37.6 Å². The predicted octanol–water partition coefficient (Wildman–Crippen LogP) is 21.7. The molecule has 0 fully saturated rings. The third-order valence-corrected chi connectivity index (χ3v) is 14.0. The molecule has 85 heavy (non-hydrogen) atoms. The lowest BCUT2D eigenvalue weighted by Gasteiger charge is -2.19. The molecule has 0 aliphatic rings. The van der Waals surface area contributed by atoms with Crippen molar-refractivity contribution in [3.8, 4) is 0 Å². The Morgan fingerprint density at radius 1 is 0.353 bits per heavy atom. The minimum Gasteiger partial charge on any atom is -0.462 e. The number of hydrogen-bond donors (Lipinski definition) is 2. The van der Waals surface area contributed by atoms with Crippen molar-refractivity contribution in [3.63, 3.8) is 0 Å². The van der Waals surface area contributed by atoms with Gasteiger partial charge in [-0.25, -0.2) is 4.57 Å². The first-order valence-electron chi connectivity index (χ1n) is 32.9. The summed E-state index contributed by atoms with van der Waals surface area (Å²) in [6.45, 7) is 3.43. The van der Waals surface area contributed by atoms with Gasteiger partial charge in [0.25, 0.3) is 0 Å². The van der Waals surface area contributed by atoms with Crippen molar-refractivity contribution in [2.45, 2.75) is 238 Å². The van der Waals surface area contributed by atoms with Gasteiger partial charge in [0.15, 0.2) is 6.10 Å². The predicted molar refractivity (Wildman–Crippen MR) is 366 cm³/mol. The lowest BCUT2D eigenvalue weighted by molar-refractivity contribution is -0.161. The third-order valence-electron chi connectivity index (χ3n) is 13.0. The van der Waals surface area contributed by atoms with Crippen LogP contribution in [0.3, 0.4) is 0 Å². The van der Waals surface area contributed by atoms with Crippen LogP contribution in [0.15, 0.2) is 194 Å². The fraction of sp³-hybridized carbons (Fsp3) is 0.547. The summed E-state index contributed by atoms with van der Waals surface area (Å²) in [5.74, 6) is -0.911. The van der Waals surface area contributed by atoms with Crippen LogP contribution < -0.4 is 5.73 Å². The van der Waals surface area contributed by atoms with Gasteiger partial charge in [-0.15, -0.1) is 0 Å². The van der Waals surface area contributed by atoms with E-state index in [1.807, 2.05) is 6.08 Å². The van der Waals surface area contributed by atoms with Gasteiger partial charge in [0.1, 0.15) is 6.61 Å².